The Labute approximate surface area is 172 Å². The Kier molecular flexibility index (Phi) is 7.89. The molecule has 152 valence electrons. The fourth-order valence-electron chi connectivity index (χ4n) is 3.53. The average molecular weight is 401 g/mol. The molecule has 3 rings (SSSR count). The zero-order valence-corrected chi connectivity index (χ0v) is 17.7. The number of aliphatic imine (C=N–C) groups is 1. The summed E-state index contributed by atoms with van der Waals surface area (Å²) in [7, 11) is 0. The minimum atomic E-state index is -0.463. The van der Waals surface area contributed by atoms with E-state index < -0.39 is 6.10 Å². The molecule has 2 aromatic rings. The summed E-state index contributed by atoms with van der Waals surface area (Å²) in [6.07, 6.45) is 0.589. The summed E-state index contributed by atoms with van der Waals surface area (Å²) in [5, 5.41) is 21.5. The Hall–Kier alpha value is -1.89. The maximum Gasteiger partial charge on any atom is 0.191 e. The fourth-order valence-corrected chi connectivity index (χ4v) is 4.31. The van der Waals surface area contributed by atoms with E-state index in [1.54, 1.807) is 11.3 Å². The number of guanidine groups is 1. The second-order valence-electron chi connectivity index (χ2n) is 7.47. The molecule has 0 radical (unpaired) electrons. The van der Waals surface area contributed by atoms with E-state index >= 15 is 0 Å². The lowest BCUT2D eigenvalue weighted by Crippen LogP contribution is -2.41. The van der Waals surface area contributed by atoms with E-state index in [4.69, 9.17) is 0 Å². The molecule has 2 heterocycles. The second kappa shape index (κ2) is 10.6. The largest absolute Gasteiger partial charge is 0.390 e. The molecule has 6 heteroatoms. The number of benzene rings is 1. The van der Waals surface area contributed by atoms with Gasteiger partial charge in [-0.1, -0.05) is 31.2 Å². The molecule has 0 fully saturated rings. The predicted octanol–water partition coefficient (Wildman–Crippen LogP) is 2.83. The monoisotopic (exact) mass is 400 g/mol. The Balaban J connectivity index is 1.47. The molecule has 2 unspecified atom stereocenters. The summed E-state index contributed by atoms with van der Waals surface area (Å²) < 4.78 is 0. The van der Waals surface area contributed by atoms with Gasteiger partial charge in [-0.25, -0.2) is 0 Å². The lowest BCUT2D eigenvalue weighted by Gasteiger charge is -2.30. The summed E-state index contributed by atoms with van der Waals surface area (Å²) in [6, 6.07) is 10.8. The van der Waals surface area contributed by atoms with E-state index in [-0.39, 0.29) is 0 Å². The number of aliphatic hydroxyl groups is 1. The molecule has 0 amide bonds. The highest BCUT2D eigenvalue weighted by atomic mass is 32.1. The van der Waals surface area contributed by atoms with Crippen LogP contribution in [-0.4, -0.2) is 54.8 Å². The third kappa shape index (κ3) is 6.06. The van der Waals surface area contributed by atoms with E-state index in [9.17, 15) is 5.11 Å². The zero-order valence-electron chi connectivity index (χ0n) is 16.9. The molecule has 3 N–H and O–H groups in total. The molecule has 1 aromatic carbocycles. The van der Waals surface area contributed by atoms with Crippen LogP contribution in [0.3, 0.4) is 0 Å². The van der Waals surface area contributed by atoms with Gasteiger partial charge in [-0.05, 0) is 52.8 Å². The SMILES string of the molecule is CCNC(=NCC(O)CN1CCc2ccccc2C1)NCC(C)c1ccsc1. The van der Waals surface area contributed by atoms with Crippen molar-refractivity contribution in [1.82, 2.24) is 15.5 Å². The summed E-state index contributed by atoms with van der Waals surface area (Å²) >= 11 is 1.73. The van der Waals surface area contributed by atoms with Gasteiger partial charge in [0, 0.05) is 32.7 Å². The van der Waals surface area contributed by atoms with Crippen LogP contribution in [0.2, 0.25) is 0 Å². The number of fused-ring (bicyclic) bond motifs is 1. The number of nitrogens with one attached hydrogen (secondary N) is 2. The molecular formula is C22H32N4OS. The Bertz CT molecular complexity index is 747. The highest BCUT2D eigenvalue weighted by molar-refractivity contribution is 7.07. The van der Waals surface area contributed by atoms with Gasteiger partial charge in [0.15, 0.2) is 5.96 Å². The van der Waals surface area contributed by atoms with Crippen LogP contribution < -0.4 is 10.6 Å². The standard InChI is InChI=1S/C22H32N4OS/c1-3-23-22(24-12-17(2)20-9-11-28-16-20)25-13-21(27)15-26-10-8-18-6-4-5-7-19(18)14-26/h4-7,9,11,16-17,21,27H,3,8,10,12-15H2,1-2H3,(H2,23,24,25). The molecule has 0 spiro atoms. The number of hydrogen-bond donors (Lipinski definition) is 3. The van der Waals surface area contributed by atoms with Crippen molar-refractivity contribution in [3.05, 3.63) is 57.8 Å². The molecule has 1 aliphatic heterocycles. The van der Waals surface area contributed by atoms with Crippen LogP contribution in [0.1, 0.15) is 36.5 Å². The average Bonchev–Trinajstić information content (AvgIpc) is 3.25. The van der Waals surface area contributed by atoms with Crippen molar-refractivity contribution in [2.45, 2.75) is 38.8 Å². The summed E-state index contributed by atoms with van der Waals surface area (Å²) in [5.41, 5.74) is 4.16. The van der Waals surface area contributed by atoms with Gasteiger partial charge in [0.25, 0.3) is 0 Å². The predicted molar refractivity (Wildman–Crippen MR) is 118 cm³/mol. The van der Waals surface area contributed by atoms with Crippen molar-refractivity contribution < 1.29 is 5.11 Å². The second-order valence-corrected chi connectivity index (χ2v) is 8.25. The van der Waals surface area contributed by atoms with Crippen LogP contribution in [0.4, 0.5) is 0 Å². The number of thiophene rings is 1. The van der Waals surface area contributed by atoms with Crippen molar-refractivity contribution in [3.63, 3.8) is 0 Å². The normalized spacial score (nSPS) is 17.0. The van der Waals surface area contributed by atoms with Crippen molar-refractivity contribution in [2.75, 3.05) is 32.7 Å². The van der Waals surface area contributed by atoms with Crippen LogP contribution in [0, 0.1) is 0 Å². The minimum absolute atomic E-state index is 0.403. The first kappa shape index (κ1) is 20.8. The third-order valence-corrected chi connectivity index (χ3v) is 5.87. The summed E-state index contributed by atoms with van der Waals surface area (Å²) in [5.74, 6) is 1.20. The maximum absolute atomic E-state index is 10.5. The summed E-state index contributed by atoms with van der Waals surface area (Å²) in [4.78, 5) is 6.92. The molecule has 0 bridgehead atoms. The van der Waals surface area contributed by atoms with Gasteiger partial charge in [0.2, 0.25) is 0 Å². The fraction of sp³-hybridized carbons (Fsp3) is 0.500. The first-order valence-corrected chi connectivity index (χ1v) is 11.1. The Morgan fingerprint density at radius 2 is 2.07 bits per heavy atom. The van der Waals surface area contributed by atoms with E-state index in [2.05, 4.69) is 75.5 Å². The van der Waals surface area contributed by atoms with Gasteiger partial charge in [-0.15, -0.1) is 0 Å². The third-order valence-electron chi connectivity index (χ3n) is 5.17. The molecule has 2 atom stereocenters. The molecule has 1 aromatic heterocycles. The minimum Gasteiger partial charge on any atom is -0.390 e. The van der Waals surface area contributed by atoms with Gasteiger partial charge in [-0.3, -0.25) is 9.89 Å². The number of rotatable bonds is 8. The summed E-state index contributed by atoms with van der Waals surface area (Å²) in [6.45, 7) is 8.85. The van der Waals surface area contributed by atoms with Crippen LogP contribution in [-0.2, 0) is 13.0 Å². The zero-order chi connectivity index (χ0) is 19.8. The molecule has 28 heavy (non-hydrogen) atoms. The van der Waals surface area contributed by atoms with Crippen molar-refractivity contribution >= 4 is 17.3 Å². The number of aliphatic hydroxyl groups excluding tert-OH is 1. The first-order chi connectivity index (χ1) is 13.7. The van der Waals surface area contributed by atoms with E-state index in [1.165, 1.54) is 16.7 Å². The Morgan fingerprint density at radius 3 is 2.82 bits per heavy atom. The van der Waals surface area contributed by atoms with Crippen molar-refractivity contribution in [1.29, 1.82) is 0 Å². The molecule has 0 saturated heterocycles. The molecule has 0 aliphatic carbocycles. The highest BCUT2D eigenvalue weighted by Gasteiger charge is 2.18. The molecule has 1 aliphatic rings. The van der Waals surface area contributed by atoms with Gasteiger partial charge in [0.1, 0.15) is 0 Å². The smallest absolute Gasteiger partial charge is 0.191 e. The molecule has 0 saturated carbocycles. The first-order valence-electron chi connectivity index (χ1n) is 10.2. The Morgan fingerprint density at radius 1 is 1.25 bits per heavy atom. The topological polar surface area (TPSA) is 59.9 Å². The van der Waals surface area contributed by atoms with Gasteiger partial charge >= 0.3 is 0 Å². The van der Waals surface area contributed by atoms with Gasteiger partial charge in [-0.2, -0.15) is 11.3 Å². The van der Waals surface area contributed by atoms with Crippen molar-refractivity contribution in [2.24, 2.45) is 4.99 Å². The van der Waals surface area contributed by atoms with Crippen LogP contribution >= 0.6 is 11.3 Å². The number of β-amino-alcohol motifs (C(OH)–C–C–N with tert-alkyl or cyclic N) is 1. The molecular weight excluding hydrogens is 368 g/mol. The lowest BCUT2D eigenvalue weighted by molar-refractivity contribution is 0.111. The van der Waals surface area contributed by atoms with E-state index in [0.29, 0.717) is 19.0 Å². The van der Waals surface area contributed by atoms with Crippen LogP contribution in [0.15, 0.2) is 46.1 Å². The quantitative estimate of drug-likeness (QED) is 0.471. The number of hydrogen-bond acceptors (Lipinski definition) is 4. The molecule has 5 nitrogen and oxygen atoms in total. The van der Waals surface area contributed by atoms with Crippen LogP contribution in [0.5, 0.6) is 0 Å². The van der Waals surface area contributed by atoms with Crippen molar-refractivity contribution in [3.8, 4) is 0 Å². The van der Waals surface area contributed by atoms with E-state index in [1.807, 2.05) is 0 Å². The van der Waals surface area contributed by atoms with Gasteiger partial charge < -0.3 is 15.7 Å². The van der Waals surface area contributed by atoms with E-state index in [0.717, 1.165) is 38.6 Å². The van der Waals surface area contributed by atoms with Crippen LogP contribution in [0.25, 0.3) is 0 Å². The maximum atomic E-state index is 10.5. The van der Waals surface area contributed by atoms with Gasteiger partial charge in [0.05, 0.1) is 12.6 Å². The lowest BCUT2D eigenvalue weighted by atomic mass is 10.00. The highest BCUT2D eigenvalue weighted by Crippen LogP contribution is 2.19. The number of nitrogens with zero attached hydrogens (tertiary/aromatic N) is 2.